The number of aliphatic imine (C=N–C) groups is 1. The van der Waals surface area contributed by atoms with Gasteiger partial charge in [-0.1, -0.05) is 6.07 Å². The predicted molar refractivity (Wildman–Crippen MR) is 57.4 cm³/mol. The fraction of sp³-hybridized carbons (Fsp3) is 0.100. The lowest BCUT2D eigenvalue weighted by molar-refractivity contribution is 0.349. The molecule has 0 atom stereocenters. The summed E-state index contributed by atoms with van der Waals surface area (Å²) in [6.45, 7) is -0.000810. The van der Waals surface area contributed by atoms with E-state index in [4.69, 9.17) is 4.74 Å². The molecule has 16 heavy (non-hydrogen) atoms. The summed E-state index contributed by atoms with van der Waals surface area (Å²) in [5.74, 6) is -0.0746. The molecular weight excluding hydrogens is 233 g/mol. The molecule has 1 aromatic carbocycles. The van der Waals surface area contributed by atoms with Crippen molar-refractivity contribution in [3.8, 4) is 5.75 Å². The summed E-state index contributed by atoms with van der Waals surface area (Å²) in [5.41, 5.74) is 1.15. The molecule has 0 N–H and O–H groups in total. The van der Waals surface area contributed by atoms with Crippen LogP contribution in [0.3, 0.4) is 0 Å². The summed E-state index contributed by atoms with van der Waals surface area (Å²) in [4.78, 5) is 3.66. The number of nitrogens with zero attached hydrogens (tertiary/aromatic N) is 1. The van der Waals surface area contributed by atoms with Crippen molar-refractivity contribution in [2.24, 2.45) is 4.99 Å². The normalized spacial score (nSPS) is 17.2. The standard InChI is InChI=1S/C10H8FNO3S/c11-8-2-1-3-10(4-8)15-5-9-6-16(13,14)7-12-9/h1-4,6-7H,5H2. The van der Waals surface area contributed by atoms with Crippen LogP contribution in [-0.2, 0) is 9.84 Å². The number of rotatable bonds is 3. The van der Waals surface area contributed by atoms with Crippen LogP contribution in [0.4, 0.5) is 4.39 Å². The van der Waals surface area contributed by atoms with Crippen molar-refractivity contribution in [1.29, 1.82) is 0 Å². The molecule has 0 amide bonds. The van der Waals surface area contributed by atoms with E-state index in [1.165, 1.54) is 18.2 Å². The van der Waals surface area contributed by atoms with Gasteiger partial charge in [-0.2, -0.15) is 0 Å². The third kappa shape index (κ3) is 2.66. The summed E-state index contributed by atoms with van der Waals surface area (Å²) >= 11 is 0. The highest BCUT2D eigenvalue weighted by Crippen LogP contribution is 2.15. The third-order valence-corrected chi connectivity index (χ3v) is 2.85. The predicted octanol–water partition coefficient (Wildman–Crippen LogP) is 1.50. The monoisotopic (exact) mass is 241 g/mol. The number of ether oxygens (including phenoxy) is 1. The molecule has 0 spiro atoms. The molecule has 4 nitrogen and oxygen atoms in total. The Balaban J connectivity index is 2.02. The molecule has 6 heteroatoms. The molecule has 0 aliphatic carbocycles. The van der Waals surface area contributed by atoms with Gasteiger partial charge in [-0.15, -0.1) is 0 Å². The Hall–Kier alpha value is -1.69. The summed E-state index contributed by atoms with van der Waals surface area (Å²) in [6.07, 6.45) is 0. The van der Waals surface area contributed by atoms with Gasteiger partial charge in [0.1, 0.15) is 23.7 Å². The molecule has 0 unspecified atom stereocenters. The van der Waals surface area contributed by atoms with Gasteiger partial charge in [-0.3, -0.25) is 0 Å². The van der Waals surface area contributed by atoms with Gasteiger partial charge in [0.25, 0.3) is 0 Å². The van der Waals surface area contributed by atoms with Gasteiger partial charge in [0, 0.05) is 6.07 Å². The van der Waals surface area contributed by atoms with E-state index < -0.39 is 15.7 Å². The minimum absolute atomic E-state index is 0.000810. The Morgan fingerprint density at radius 1 is 1.38 bits per heavy atom. The van der Waals surface area contributed by atoms with Crippen LogP contribution in [0.15, 0.2) is 40.4 Å². The van der Waals surface area contributed by atoms with Crippen LogP contribution in [0.1, 0.15) is 0 Å². The highest BCUT2D eigenvalue weighted by molar-refractivity contribution is 8.07. The quantitative estimate of drug-likeness (QED) is 0.805. The second-order valence-electron chi connectivity index (χ2n) is 3.18. The molecule has 1 aliphatic rings. The zero-order valence-corrected chi connectivity index (χ0v) is 8.95. The Morgan fingerprint density at radius 2 is 2.19 bits per heavy atom. The van der Waals surface area contributed by atoms with E-state index in [1.54, 1.807) is 6.07 Å². The van der Waals surface area contributed by atoms with Gasteiger partial charge in [0.05, 0.1) is 11.1 Å². The topological polar surface area (TPSA) is 55.7 Å². The van der Waals surface area contributed by atoms with Crippen LogP contribution in [-0.4, -0.2) is 20.6 Å². The van der Waals surface area contributed by atoms with Crippen molar-refractivity contribution in [1.82, 2.24) is 0 Å². The van der Waals surface area contributed by atoms with Crippen molar-refractivity contribution in [2.75, 3.05) is 6.61 Å². The minimum atomic E-state index is -3.32. The first kappa shape index (κ1) is 10.8. The lowest BCUT2D eigenvalue weighted by Crippen LogP contribution is -1.99. The number of hydrogen-bond acceptors (Lipinski definition) is 4. The molecule has 1 aliphatic heterocycles. The van der Waals surface area contributed by atoms with E-state index in [1.807, 2.05) is 0 Å². The SMILES string of the molecule is O=S1(=O)C=NC(COc2cccc(F)c2)=C1. The van der Waals surface area contributed by atoms with Gasteiger partial charge in [-0.05, 0) is 12.1 Å². The maximum absolute atomic E-state index is 12.8. The maximum Gasteiger partial charge on any atom is 0.212 e. The zero-order chi connectivity index (χ0) is 11.6. The fourth-order valence-corrected chi connectivity index (χ4v) is 2.03. The van der Waals surface area contributed by atoms with Crippen LogP contribution in [0, 0.1) is 5.82 Å². The molecule has 0 radical (unpaired) electrons. The molecule has 0 aromatic heterocycles. The first-order valence-electron chi connectivity index (χ1n) is 4.43. The van der Waals surface area contributed by atoms with Gasteiger partial charge < -0.3 is 4.74 Å². The second-order valence-corrected chi connectivity index (χ2v) is 4.80. The van der Waals surface area contributed by atoms with Crippen molar-refractivity contribution >= 4 is 15.4 Å². The highest BCUT2D eigenvalue weighted by Gasteiger charge is 2.13. The van der Waals surface area contributed by atoms with Crippen LogP contribution in [0.5, 0.6) is 5.75 Å². The summed E-state index contributed by atoms with van der Waals surface area (Å²) < 4.78 is 39.9. The fourth-order valence-electron chi connectivity index (χ4n) is 1.18. The number of halogens is 1. The van der Waals surface area contributed by atoms with Gasteiger partial charge in [0.2, 0.25) is 9.84 Å². The summed E-state index contributed by atoms with van der Waals surface area (Å²) in [7, 11) is -3.32. The van der Waals surface area contributed by atoms with Crippen molar-refractivity contribution < 1.29 is 17.5 Å². The van der Waals surface area contributed by atoms with E-state index in [0.29, 0.717) is 11.4 Å². The molecule has 0 saturated carbocycles. The van der Waals surface area contributed by atoms with Crippen LogP contribution in [0.2, 0.25) is 0 Å². The summed E-state index contributed by atoms with van der Waals surface area (Å²) in [6, 6.07) is 5.60. The Labute approximate surface area is 92.0 Å². The maximum atomic E-state index is 12.8. The van der Waals surface area contributed by atoms with Crippen molar-refractivity contribution in [3.05, 3.63) is 41.2 Å². The average Bonchev–Trinajstić information content (AvgIpc) is 2.56. The van der Waals surface area contributed by atoms with Crippen LogP contribution < -0.4 is 4.74 Å². The lowest BCUT2D eigenvalue weighted by Gasteiger charge is -2.04. The van der Waals surface area contributed by atoms with Crippen LogP contribution in [0.25, 0.3) is 0 Å². The molecular formula is C10H8FNO3S. The van der Waals surface area contributed by atoms with Crippen LogP contribution >= 0.6 is 0 Å². The van der Waals surface area contributed by atoms with E-state index in [0.717, 1.165) is 11.0 Å². The first-order chi connectivity index (χ1) is 7.55. The molecule has 1 aromatic rings. The molecule has 0 saturated heterocycles. The minimum Gasteiger partial charge on any atom is -0.487 e. The molecule has 2 rings (SSSR count). The van der Waals surface area contributed by atoms with E-state index in [2.05, 4.69) is 4.99 Å². The molecule has 1 heterocycles. The summed E-state index contributed by atoms with van der Waals surface area (Å²) in [5, 5.41) is 1.02. The zero-order valence-electron chi connectivity index (χ0n) is 8.13. The number of benzene rings is 1. The van der Waals surface area contributed by atoms with Crippen molar-refractivity contribution in [2.45, 2.75) is 0 Å². The van der Waals surface area contributed by atoms with Gasteiger partial charge in [0.15, 0.2) is 0 Å². The average molecular weight is 241 g/mol. The molecule has 84 valence electrons. The number of hydrogen-bond donors (Lipinski definition) is 0. The van der Waals surface area contributed by atoms with E-state index in [9.17, 15) is 12.8 Å². The Bertz CT molecular complexity index is 563. The van der Waals surface area contributed by atoms with E-state index in [-0.39, 0.29) is 6.61 Å². The van der Waals surface area contributed by atoms with Gasteiger partial charge >= 0.3 is 0 Å². The largest absolute Gasteiger partial charge is 0.487 e. The Kier molecular flexibility index (Phi) is 2.74. The lowest BCUT2D eigenvalue weighted by atomic mass is 10.3. The molecule has 0 bridgehead atoms. The van der Waals surface area contributed by atoms with E-state index >= 15 is 0 Å². The smallest absolute Gasteiger partial charge is 0.212 e. The highest BCUT2D eigenvalue weighted by atomic mass is 32.2. The van der Waals surface area contributed by atoms with Crippen molar-refractivity contribution in [3.63, 3.8) is 0 Å². The second kappa shape index (κ2) is 4.05. The van der Waals surface area contributed by atoms with Gasteiger partial charge in [-0.25, -0.2) is 17.8 Å². The third-order valence-electron chi connectivity index (χ3n) is 1.85. The Morgan fingerprint density at radius 3 is 2.81 bits per heavy atom. The number of sulfone groups is 1. The first-order valence-corrected chi connectivity index (χ1v) is 6.04. The molecule has 0 fully saturated rings.